The molecule has 0 aliphatic rings. The van der Waals surface area contributed by atoms with Crippen LogP contribution in [0.3, 0.4) is 0 Å². The Hall–Kier alpha value is -1.57. The Kier molecular flexibility index (Phi) is 4.99. The minimum atomic E-state index is -0.337. The van der Waals surface area contributed by atoms with Gasteiger partial charge in [0.05, 0.1) is 23.4 Å². The van der Waals surface area contributed by atoms with E-state index in [1.165, 1.54) is 11.3 Å². The number of nitrogens with one attached hydrogen (secondary N) is 2. The number of carbonyl (C=O) groups excluding carboxylic acids is 1. The quantitative estimate of drug-likeness (QED) is 0.832. The van der Waals surface area contributed by atoms with Crippen molar-refractivity contribution >= 4 is 44.3 Å². The fourth-order valence-electron chi connectivity index (χ4n) is 1.58. The molecule has 0 radical (unpaired) electrons. The molecule has 0 aliphatic heterocycles. The summed E-state index contributed by atoms with van der Waals surface area (Å²) in [4.78, 5) is 15.9. The molecule has 0 unspecified atom stereocenters. The Balaban J connectivity index is 2.15. The molecule has 2 amide bonds. The highest BCUT2D eigenvalue weighted by atomic mass is 35.5. The Morgan fingerprint density at radius 1 is 1.45 bits per heavy atom. The highest BCUT2D eigenvalue weighted by molar-refractivity contribution is 7.23. The van der Waals surface area contributed by atoms with E-state index in [1.54, 1.807) is 26.4 Å². The molecule has 6 nitrogen and oxygen atoms in total. The summed E-state index contributed by atoms with van der Waals surface area (Å²) in [7, 11) is 3.13. The lowest BCUT2D eigenvalue weighted by molar-refractivity contribution is 0.198. The van der Waals surface area contributed by atoms with Crippen molar-refractivity contribution in [1.82, 2.24) is 10.3 Å². The molecule has 2 N–H and O–H groups in total. The van der Waals surface area contributed by atoms with E-state index in [-0.39, 0.29) is 6.03 Å². The van der Waals surface area contributed by atoms with Gasteiger partial charge >= 0.3 is 6.03 Å². The lowest BCUT2D eigenvalue weighted by Crippen LogP contribution is -2.31. The summed E-state index contributed by atoms with van der Waals surface area (Å²) in [6, 6.07) is 3.15. The van der Waals surface area contributed by atoms with Gasteiger partial charge in [0.25, 0.3) is 0 Å². The van der Waals surface area contributed by atoms with E-state index >= 15 is 0 Å². The highest BCUT2D eigenvalue weighted by Gasteiger charge is 2.13. The number of aromatic nitrogens is 1. The van der Waals surface area contributed by atoms with Gasteiger partial charge in [0.15, 0.2) is 5.13 Å². The topological polar surface area (TPSA) is 72.5 Å². The van der Waals surface area contributed by atoms with Gasteiger partial charge in [0.1, 0.15) is 11.3 Å². The van der Waals surface area contributed by atoms with E-state index in [4.69, 9.17) is 21.1 Å². The number of rotatable bonds is 5. The number of halogens is 1. The van der Waals surface area contributed by atoms with Gasteiger partial charge in [-0.3, -0.25) is 5.32 Å². The number of nitrogens with zero attached hydrogens (tertiary/aromatic N) is 1. The van der Waals surface area contributed by atoms with Crippen molar-refractivity contribution in [2.24, 2.45) is 0 Å². The van der Waals surface area contributed by atoms with E-state index in [1.807, 2.05) is 0 Å². The summed E-state index contributed by atoms with van der Waals surface area (Å²) in [5, 5.41) is 6.34. The first-order valence-electron chi connectivity index (χ1n) is 5.82. The number of methoxy groups -OCH3 is 2. The molecule has 0 aliphatic carbocycles. The summed E-state index contributed by atoms with van der Waals surface area (Å²) < 4.78 is 10.8. The summed E-state index contributed by atoms with van der Waals surface area (Å²) in [6.45, 7) is 0.879. The van der Waals surface area contributed by atoms with Crippen molar-refractivity contribution in [3.63, 3.8) is 0 Å². The number of urea groups is 1. The van der Waals surface area contributed by atoms with Crippen molar-refractivity contribution in [3.05, 3.63) is 17.2 Å². The minimum Gasteiger partial charge on any atom is -0.494 e. The molecule has 0 saturated carbocycles. The monoisotopic (exact) mass is 315 g/mol. The molecule has 8 heteroatoms. The van der Waals surface area contributed by atoms with Crippen LogP contribution in [0.15, 0.2) is 12.1 Å². The Bertz CT molecular complexity index is 617. The normalized spacial score (nSPS) is 10.6. The van der Waals surface area contributed by atoms with Crippen molar-refractivity contribution in [2.75, 3.05) is 32.7 Å². The van der Waals surface area contributed by atoms with E-state index in [0.717, 1.165) is 4.70 Å². The number of anilines is 1. The van der Waals surface area contributed by atoms with Gasteiger partial charge in [-0.2, -0.15) is 0 Å². The van der Waals surface area contributed by atoms with Crippen LogP contribution in [-0.4, -0.2) is 38.4 Å². The summed E-state index contributed by atoms with van der Waals surface area (Å²) in [5.74, 6) is 0.619. The number of hydrogen-bond acceptors (Lipinski definition) is 5. The number of ether oxygens (including phenoxy) is 2. The van der Waals surface area contributed by atoms with Crippen LogP contribution in [0, 0.1) is 0 Å². The Morgan fingerprint density at radius 3 is 2.95 bits per heavy atom. The molecule has 2 aromatic rings. The molecule has 1 heterocycles. The van der Waals surface area contributed by atoms with Crippen LogP contribution in [0.2, 0.25) is 5.02 Å². The summed E-state index contributed by atoms with van der Waals surface area (Å²) in [6.07, 6.45) is 0. The molecular formula is C12H14ClN3O3S. The average Bonchev–Trinajstić information content (AvgIpc) is 2.84. The third-order valence-corrected chi connectivity index (χ3v) is 3.92. The van der Waals surface area contributed by atoms with Gasteiger partial charge in [0.2, 0.25) is 0 Å². The maximum Gasteiger partial charge on any atom is 0.321 e. The Labute approximate surface area is 125 Å². The zero-order chi connectivity index (χ0) is 14.5. The van der Waals surface area contributed by atoms with Crippen LogP contribution in [-0.2, 0) is 4.74 Å². The average molecular weight is 316 g/mol. The van der Waals surface area contributed by atoms with Crippen molar-refractivity contribution in [2.45, 2.75) is 0 Å². The van der Waals surface area contributed by atoms with E-state index in [0.29, 0.717) is 34.6 Å². The van der Waals surface area contributed by atoms with E-state index in [9.17, 15) is 4.79 Å². The lowest BCUT2D eigenvalue weighted by atomic mass is 10.3. The number of benzene rings is 1. The van der Waals surface area contributed by atoms with Crippen LogP contribution in [0.5, 0.6) is 5.75 Å². The molecule has 0 bridgehead atoms. The molecule has 1 aromatic carbocycles. The third kappa shape index (κ3) is 3.30. The number of hydrogen-bond donors (Lipinski definition) is 2. The second-order valence-corrected chi connectivity index (χ2v) is 5.23. The Morgan fingerprint density at radius 2 is 2.25 bits per heavy atom. The molecule has 2 rings (SSSR count). The molecule has 20 heavy (non-hydrogen) atoms. The zero-order valence-corrected chi connectivity index (χ0v) is 12.6. The number of thiazole rings is 1. The first-order chi connectivity index (χ1) is 9.65. The summed E-state index contributed by atoms with van der Waals surface area (Å²) in [5.41, 5.74) is 0.636. The van der Waals surface area contributed by atoms with Crippen molar-refractivity contribution in [3.8, 4) is 5.75 Å². The maximum atomic E-state index is 11.6. The predicted molar refractivity (Wildman–Crippen MR) is 80.1 cm³/mol. The van der Waals surface area contributed by atoms with E-state index in [2.05, 4.69) is 15.6 Å². The van der Waals surface area contributed by atoms with Crippen LogP contribution >= 0.6 is 22.9 Å². The first-order valence-corrected chi connectivity index (χ1v) is 7.02. The molecule has 0 atom stereocenters. The molecular weight excluding hydrogens is 302 g/mol. The fourth-order valence-corrected chi connectivity index (χ4v) is 2.73. The van der Waals surface area contributed by atoms with Gasteiger partial charge < -0.3 is 14.8 Å². The first kappa shape index (κ1) is 14.8. The van der Waals surface area contributed by atoms with Crippen LogP contribution < -0.4 is 15.4 Å². The highest BCUT2D eigenvalue weighted by Crippen LogP contribution is 2.37. The minimum absolute atomic E-state index is 0.337. The largest absolute Gasteiger partial charge is 0.494 e. The SMILES string of the molecule is COCCNC(=O)Nc1nc2c(OC)ccc(Cl)c2s1. The van der Waals surface area contributed by atoms with Gasteiger partial charge in [-0.25, -0.2) is 9.78 Å². The predicted octanol–water partition coefficient (Wildman–Crippen LogP) is 2.73. The van der Waals surface area contributed by atoms with Gasteiger partial charge in [0, 0.05) is 13.7 Å². The molecule has 0 spiro atoms. The molecule has 1 aromatic heterocycles. The molecule has 108 valence electrons. The van der Waals surface area contributed by atoms with Crippen LogP contribution in [0.4, 0.5) is 9.93 Å². The van der Waals surface area contributed by atoms with Crippen LogP contribution in [0.25, 0.3) is 10.2 Å². The van der Waals surface area contributed by atoms with Gasteiger partial charge in [-0.05, 0) is 12.1 Å². The van der Waals surface area contributed by atoms with Crippen LogP contribution in [0.1, 0.15) is 0 Å². The smallest absolute Gasteiger partial charge is 0.321 e. The van der Waals surface area contributed by atoms with E-state index < -0.39 is 0 Å². The van der Waals surface area contributed by atoms with Crippen molar-refractivity contribution in [1.29, 1.82) is 0 Å². The third-order valence-electron chi connectivity index (χ3n) is 2.49. The van der Waals surface area contributed by atoms with Crippen molar-refractivity contribution < 1.29 is 14.3 Å². The number of carbonyl (C=O) groups is 1. The number of fused-ring (bicyclic) bond motifs is 1. The fraction of sp³-hybridized carbons (Fsp3) is 0.333. The second-order valence-electron chi connectivity index (χ2n) is 3.82. The lowest BCUT2D eigenvalue weighted by Gasteiger charge is -2.03. The van der Waals surface area contributed by atoms with Gasteiger partial charge in [-0.1, -0.05) is 22.9 Å². The zero-order valence-electron chi connectivity index (χ0n) is 11.0. The summed E-state index contributed by atoms with van der Waals surface area (Å²) >= 11 is 7.40. The molecule has 0 fully saturated rings. The van der Waals surface area contributed by atoms with Gasteiger partial charge in [-0.15, -0.1) is 0 Å². The second kappa shape index (κ2) is 6.74. The standard InChI is InChI=1S/C12H14ClN3O3S/c1-18-6-5-14-11(17)16-12-15-9-8(19-2)4-3-7(13)10(9)20-12/h3-4H,5-6H2,1-2H3,(H2,14,15,16,17). The maximum absolute atomic E-state index is 11.6. The molecule has 0 saturated heterocycles. The number of amides is 2.